The number of fused-ring (bicyclic) bond motifs is 2. The topological polar surface area (TPSA) is 26.3 Å². The molecular formula is C16H28O2S. The standard InChI is InChI=1S/C16H28O2S/c1-8-18-10-9-11-12(15(2,3)4)13(16(5,6)7)14(10)19(11)17/h10-11,14H,8-9H2,1-7H3/t10-,11-,14+,19?/m0/s1. The average molecular weight is 284 g/mol. The Labute approximate surface area is 120 Å². The van der Waals surface area contributed by atoms with E-state index in [0.717, 1.165) is 6.42 Å². The molecule has 2 rings (SSSR count). The van der Waals surface area contributed by atoms with Crippen LogP contribution < -0.4 is 0 Å². The highest BCUT2D eigenvalue weighted by molar-refractivity contribution is 7.87. The van der Waals surface area contributed by atoms with Crippen molar-refractivity contribution < 1.29 is 8.95 Å². The highest BCUT2D eigenvalue weighted by Gasteiger charge is 2.56. The summed E-state index contributed by atoms with van der Waals surface area (Å²) >= 11 is 0. The van der Waals surface area contributed by atoms with Crippen LogP contribution in [0.4, 0.5) is 0 Å². The van der Waals surface area contributed by atoms with Crippen molar-refractivity contribution in [2.45, 2.75) is 71.5 Å². The second-order valence-electron chi connectivity index (χ2n) is 7.79. The summed E-state index contributed by atoms with van der Waals surface area (Å²) < 4.78 is 18.6. The van der Waals surface area contributed by atoms with Crippen LogP contribution in [0.1, 0.15) is 54.9 Å². The van der Waals surface area contributed by atoms with Crippen molar-refractivity contribution in [3.8, 4) is 0 Å². The second kappa shape index (κ2) is 4.70. The van der Waals surface area contributed by atoms with Gasteiger partial charge in [0.25, 0.3) is 0 Å². The second-order valence-corrected chi connectivity index (χ2v) is 9.53. The minimum Gasteiger partial charge on any atom is -0.377 e. The van der Waals surface area contributed by atoms with Crippen molar-refractivity contribution in [2.24, 2.45) is 10.8 Å². The Bertz CT molecular complexity index is 423. The van der Waals surface area contributed by atoms with Gasteiger partial charge in [-0.1, -0.05) is 41.5 Å². The third-order valence-electron chi connectivity index (χ3n) is 4.21. The first-order valence-electron chi connectivity index (χ1n) is 7.35. The van der Waals surface area contributed by atoms with Crippen molar-refractivity contribution in [2.75, 3.05) is 6.61 Å². The first-order chi connectivity index (χ1) is 8.59. The number of ether oxygens (including phenoxy) is 1. The van der Waals surface area contributed by atoms with E-state index in [0.29, 0.717) is 6.61 Å². The molecule has 4 atom stereocenters. The van der Waals surface area contributed by atoms with Gasteiger partial charge in [0, 0.05) is 17.4 Å². The molecule has 110 valence electrons. The van der Waals surface area contributed by atoms with Crippen molar-refractivity contribution in [3.05, 3.63) is 11.1 Å². The molecule has 0 aliphatic carbocycles. The quantitative estimate of drug-likeness (QED) is 0.723. The molecule has 0 saturated carbocycles. The van der Waals surface area contributed by atoms with Crippen LogP contribution in [0, 0.1) is 10.8 Å². The van der Waals surface area contributed by atoms with Crippen molar-refractivity contribution in [3.63, 3.8) is 0 Å². The van der Waals surface area contributed by atoms with Gasteiger partial charge in [-0.15, -0.1) is 0 Å². The minimum atomic E-state index is -0.785. The van der Waals surface area contributed by atoms with E-state index in [4.69, 9.17) is 4.74 Å². The Morgan fingerprint density at radius 2 is 1.63 bits per heavy atom. The van der Waals surface area contributed by atoms with Crippen LogP contribution in [-0.4, -0.2) is 27.4 Å². The van der Waals surface area contributed by atoms with Gasteiger partial charge in [-0.2, -0.15) is 0 Å². The fraction of sp³-hybridized carbons (Fsp3) is 0.875. The molecule has 2 bridgehead atoms. The van der Waals surface area contributed by atoms with Crippen LogP contribution in [0.2, 0.25) is 0 Å². The summed E-state index contributed by atoms with van der Waals surface area (Å²) in [6, 6.07) is 0. The van der Waals surface area contributed by atoms with Gasteiger partial charge < -0.3 is 4.74 Å². The van der Waals surface area contributed by atoms with E-state index < -0.39 is 10.8 Å². The molecule has 1 saturated heterocycles. The predicted octanol–water partition coefficient (Wildman–Crippen LogP) is 3.68. The SMILES string of the molecule is CCO[C@H]1C[C@H]2C(C(C)(C)C)=C(C(C)(C)C)[C@@H]1S2=O. The Morgan fingerprint density at radius 1 is 1.11 bits per heavy atom. The predicted molar refractivity (Wildman–Crippen MR) is 81.7 cm³/mol. The largest absolute Gasteiger partial charge is 0.377 e. The lowest BCUT2D eigenvalue weighted by Gasteiger charge is -2.37. The van der Waals surface area contributed by atoms with Gasteiger partial charge in [0.05, 0.1) is 16.6 Å². The zero-order valence-electron chi connectivity index (χ0n) is 13.4. The maximum absolute atomic E-state index is 12.8. The normalized spacial score (nSPS) is 35.3. The van der Waals surface area contributed by atoms with Crippen LogP contribution in [0.5, 0.6) is 0 Å². The molecule has 0 radical (unpaired) electrons. The molecular weight excluding hydrogens is 256 g/mol. The van der Waals surface area contributed by atoms with E-state index in [1.807, 2.05) is 6.92 Å². The van der Waals surface area contributed by atoms with E-state index in [1.165, 1.54) is 11.1 Å². The summed E-state index contributed by atoms with van der Waals surface area (Å²) in [5, 5.41) is 0.343. The summed E-state index contributed by atoms with van der Waals surface area (Å²) in [6.45, 7) is 16.2. The Hall–Kier alpha value is -0.150. The zero-order valence-corrected chi connectivity index (χ0v) is 14.2. The lowest BCUT2D eigenvalue weighted by atomic mass is 9.68. The number of hydrogen-bond acceptors (Lipinski definition) is 2. The fourth-order valence-corrected chi connectivity index (χ4v) is 6.35. The molecule has 0 spiro atoms. The molecule has 0 aromatic rings. The lowest BCUT2D eigenvalue weighted by Crippen LogP contribution is -2.36. The smallest absolute Gasteiger partial charge is 0.0834 e. The molecule has 1 fully saturated rings. The highest BCUT2D eigenvalue weighted by Crippen LogP contribution is 2.54. The van der Waals surface area contributed by atoms with Gasteiger partial charge in [-0.05, 0) is 35.3 Å². The summed E-state index contributed by atoms with van der Waals surface area (Å²) in [7, 11) is -0.785. The van der Waals surface area contributed by atoms with E-state index in [-0.39, 0.29) is 27.4 Å². The third kappa shape index (κ3) is 2.44. The van der Waals surface area contributed by atoms with Crippen LogP contribution in [-0.2, 0) is 15.5 Å². The van der Waals surface area contributed by atoms with Gasteiger partial charge in [-0.25, -0.2) is 0 Å². The molecule has 1 unspecified atom stereocenters. The Balaban J connectivity index is 2.52. The van der Waals surface area contributed by atoms with Crippen LogP contribution in [0.3, 0.4) is 0 Å². The molecule has 0 N–H and O–H groups in total. The summed E-state index contributed by atoms with van der Waals surface area (Å²) in [4.78, 5) is 0. The molecule has 2 heterocycles. The molecule has 0 amide bonds. The van der Waals surface area contributed by atoms with Crippen molar-refractivity contribution in [1.82, 2.24) is 0 Å². The van der Waals surface area contributed by atoms with Crippen LogP contribution >= 0.6 is 0 Å². The van der Waals surface area contributed by atoms with Crippen molar-refractivity contribution in [1.29, 1.82) is 0 Å². The summed E-state index contributed by atoms with van der Waals surface area (Å²) in [6.07, 6.45) is 1.10. The van der Waals surface area contributed by atoms with Gasteiger partial charge in [0.15, 0.2) is 0 Å². The minimum absolute atomic E-state index is 0.0768. The third-order valence-corrected chi connectivity index (χ3v) is 6.24. The summed E-state index contributed by atoms with van der Waals surface area (Å²) in [5.74, 6) is 0. The molecule has 19 heavy (non-hydrogen) atoms. The van der Waals surface area contributed by atoms with E-state index in [9.17, 15) is 4.21 Å². The van der Waals surface area contributed by atoms with Gasteiger partial charge in [0.2, 0.25) is 0 Å². The van der Waals surface area contributed by atoms with Gasteiger partial charge in [-0.3, -0.25) is 4.21 Å². The molecule has 2 nitrogen and oxygen atoms in total. The van der Waals surface area contributed by atoms with Crippen LogP contribution in [0.15, 0.2) is 11.1 Å². The van der Waals surface area contributed by atoms with E-state index in [2.05, 4.69) is 41.5 Å². The first kappa shape index (κ1) is 15.2. The molecule has 3 heteroatoms. The summed E-state index contributed by atoms with van der Waals surface area (Å²) in [5.41, 5.74) is 3.04. The Morgan fingerprint density at radius 3 is 2.05 bits per heavy atom. The lowest BCUT2D eigenvalue weighted by molar-refractivity contribution is 0.0593. The zero-order chi connectivity index (χ0) is 14.6. The van der Waals surface area contributed by atoms with Gasteiger partial charge in [0.1, 0.15) is 0 Å². The maximum atomic E-state index is 12.8. The number of rotatable bonds is 2. The van der Waals surface area contributed by atoms with E-state index >= 15 is 0 Å². The molecule has 0 aromatic heterocycles. The fourth-order valence-electron chi connectivity index (χ4n) is 3.71. The first-order valence-corrected chi connectivity index (χ1v) is 8.62. The monoisotopic (exact) mass is 284 g/mol. The molecule has 2 aliphatic rings. The van der Waals surface area contributed by atoms with E-state index in [1.54, 1.807) is 0 Å². The highest BCUT2D eigenvalue weighted by atomic mass is 32.2. The van der Waals surface area contributed by atoms with Crippen LogP contribution in [0.25, 0.3) is 0 Å². The molecule has 2 aliphatic heterocycles. The Kier molecular flexibility index (Phi) is 3.77. The van der Waals surface area contributed by atoms with Crippen molar-refractivity contribution >= 4 is 10.8 Å². The maximum Gasteiger partial charge on any atom is 0.0834 e. The number of hydrogen-bond donors (Lipinski definition) is 0. The average Bonchev–Trinajstić information content (AvgIpc) is 2.67. The van der Waals surface area contributed by atoms with Gasteiger partial charge >= 0.3 is 0 Å². The molecule has 0 aromatic carbocycles.